The summed E-state index contributed by atoms with van der Waals surface area (Å²) in [5.74, 6) is 0.500. The average molecular weight is 424 g/mol. The van der Waals surface area contributed by atoms with Crippen molar-refractivity contribution in [2.45, 2.75) is 73.5 Å². The zero-order chi connectivity index (χ0) is 20.4. The van der Waals surface area contributed by atoms with E-state index >= 15 is 0 Å². The first kappa shape index (κ1) is 20.8. The number of piperidine rings is 1. The summed E-state index contributed by atoms with van der Waals surface area (Å²) < 4.78 is 39.1. The highest BCUT2D eigenvalue weighted by molar-refractivity contribution is 7.92. The Morgan fingerprint density at radius 2 is 1.93 bits per heavy atom. The van der Waals surface area contributed by atoms with E-state index in [4.69, 9.17) is 0 Å². The van der Waals surface area contributed by atoms with Crippen LogP contribution in [-0.2, 0) is 21.2 Å². The molecule has 0 aromatic heterocycles. The van der Waals surface area contributed by atoms with E-state index in [1.807, 2.05) is 0 Å². The molecule has 0 spiro atoms. The first-order valence-corrected chi connectivity index (χ1v) is 12.2. The second-order valence-corrected chi connectivity index (χ2v) is 10.8. The molecule has 29 heavy (non-hydrogen) atoms. The number of sulfone groups is 1. The monoisotopic (exact) mass is 423 g/mol. The molecule has 1 aliphatic carbocycles. The van der Waals surface area contributed by atoms with Crippen LogP contribution >= 0.6 is 0 Å². The van der Waals surface area contributed by atoms with Crippen molar-refractivity contribution < 1.29 is 17.6 Å². The number of halogens is 1. The van der Waals surface area contributed by atoms with Gasteiger partial charge in [-0.05, 0) is 75.2 Å². The Balaban J connectivity index is 1.32. The fourth-order valence-electron chi connectivity index (χ4n) is 4.87. The number of hydrogen-bond donors (Lipinski definition) is 3. The summed E-state index contributed by atoms with van der Waals surface area (Å²) in [5, 5.41) is 9.13. The van der Waals surface area contributed by atoms with Gasteiger partial charge in [-0.3, -0.25) is 4.79 Å². The lowest BCUT2D eigenvalue weighted by molar-refractivity contribution is -0.123. The fourth-order valence-corrected chi connectivity index (χ4v) is 6.71. The maximum Gasteiger partial charge on any atom is 0.237 e. The summed E-state index contributed by atoms with van der Waals surface area (Å²) in [6, 6.07) is 6.87. The Morgan fingerprint density at radius 1 is 1.14 bits per heavy atom. The van der Waals surface area contributed by atoms with Crippen LogP contribution in [0.5, 0.6) is 0 Å². The van der Waals surface area contributed by atoms with Gasteiger partial charge in [0, 0.05) is 12.6 Å². The van der Waals surface area contributed by atoms with Crippen LogP contribution in [0, 0.1) is 5.92 Å². The molecule has 0 bridgehead atoms. The number of rotatable bonds is 5. The molecule has 4 rings (SSSR count). The normalized spacial score (nSPS) is 32.5. The van der Waals surface area contributed by atoms with Crippen molar-refractivity contribution in [1.82, 2.24) is 16.0 Å². The summed E-state index contributed by atoms with van der Waals surface area (Å²) in [7, 11) is -3.51. The van der Waals surface area contributed by atoms with Gasteiger partial charge in [-0.25, -0.2) is 12.8 Å². The molecule has 160 valence electrons. The molecule has 0 radical (unpaired) electrons. The average Bonchev–Trinajstić information content (AvgIpc) is 3.17. The molecular weight excluding hydrogens is 393 g/mol. The number of alkyl halides is 1. The summed E-state index contributed by atoms with van der Waals surface area (Å²) in [6.07, 6.45) is 2.55. The third-order valence-corrected chi connectivity index (χ3v) is 8.83. The number of benzene rings is 1. The minimum absolute atomic E-state index is 0.00714. The van der Waals surface area contributed by atoms with E-state index < -0.39 is 21.3 Å². The summed E-state index contributed by atoms with van der Waals surface area (Å²) >= 11 is 0. The molecule has 5 unspecified atom stereocenters. The molecule has 8 heteroatoms. The van der Waals surface area contributed by atoms with E-state index in [2.05, 4.69) is 16.0 Å². The van der Waals surface area contributed by atoms with Gasteiger partial charge in [-0.2, -0.15) is 0 Å². The van der Waals surface area contributed by atoms with Crippen LogP contribution in [0.4, 0.5) is 4.39 Å². The molecule has 2 aliphatic heterocycles. The second-order valence-electron chi connectivity index (χ2n) is 8.61. The van der Waals surface area contributed by atoms with E-state index in [1.165, 1.54) is 0 Å². The zero-order valence-electron chi connectivity index (χ0n) is 16.6. The third kappa shape index (κ3) is 4.64. The minimum Gasteiger partial charge on any atom is -0.351 e. The standard InChI is InChI=1S/C21H30FN3O3S/c22-16-2-1-3-18(11-16)29(27,28)17-6-4-14(5-7-17)12-24-21(26)20-10-15-13-23-9-8-19(15)25-20/h4-7,15-16,18-20,23,25H,1-3,8-13H2,(H,24,26). The number of fused-ring (bicyclic) bond motifs is 1. The second kappa shape index (κ2) is 8.70. The molecule has 1 aromatic carbocycles. The maximum atomic E-state index is 13.6. The van der Waals surface area contributed by atoms with Crippen molar-refractivity contribution in [3.8, 4) is 0 Å². The van der Waals surface area contributed by atoms with E-state index in [1.54, 1.807) is 24.3 Å². The van der Waals surface area contributed by atoms with Crippen molar-refractivity contribution in [3.63, 3.8) is 0 Å². The first-order valence-electron chi connectivity index (χ1n) is 10.6. The number of carbonyl (C=O) groups excluding carboxylic acids is 1. The topological polar surface area (TPSA) is 87.3 Å². The van der Waals surface area contributed by atoms with Crippen LogP contribution in [0.15, 0.2) is 29.2 Å². The molecule has 6 nitrogen and oxygen atoms in total. The van der Waals surface area contributed by atoms with Gasteiger partial charge in [0.1, 0.15) is 6.17 Å². The van der Waals surface area contributed by atoms with Crippen LogP contribution < -0.4 is 16.0 Å². The highest BCUT2D eigenvalue weighted by Gasteiger charge is 2.38. The van der Waals surface area contributed by atoms with Gasteiger partial charge < -0.3 is 16.0 Å². The molecule has 2 heterocycles. The van der Waals surface area contributed by atoms with Gasteiger partial charge in [0.25, 0.3) is 0 Å². The Morgan fingerprint density at radius 3 is 2.66 bits per heavy atom. The predicted octanol–water partition coefficient (Wildman–Crippen LogP) is 1.70. The Labute approximate surface area is 171 Å². The minimum atomic E-state index is -3.51. The molecule has 1 amide bonds. The highest BCUT2D eigenvalue weighted by Crippen LogP contribution is 2.30. The van der Waals surface area contributed by atoms with E-state index in [-0.39, 0.29) is 23.3 Å². The number of carbonyl (C=O) groups is 1. The molecule has 3 N–H and O–H groups in total. The number of amides is 1. The quantitative estimate of drug-likeness (QED) is 0.671. The maximum absolute atomic E-state index is 13.6. The number of hydrogen-bond acceptors (Lipinski definition) is 5. The van der Waals surface area contributed by atoms with Crippen molar-refractivity contribution in [2.24, 2.45) is 5.92 Å². The molecule has 1 aromatic rings. The lowest BCUT2D eigenvalue weighted by Gasteiger charge is -2.25. The Bertz CT molecular complexity index is 816. The van der Waals surface area contributed by atoms with Gasteiger partial charge in [-0.1, -0.05) is 12.1 Å². The van der Waals surface area contributed by atoms with Gasteiger partial charge in [0.15, 0.2) is 9.84 Å². The van der Waals surface area contributed by atoms with Crippen LogP contribution in [-0.4, -0.2) is 50.9 Å². The highest BCUT2D eigenvalue weighted by atomic mass is 32.2. The van der Waals surface area contributed by atoms with Gasteiger partial charge >= 0.3 is 0 Å². The number of nitrogens with one attached hydrogen (secondary N) is 3. The van der Waals surface area contributed by atoms with Gasteiger partial charge in [0.05, 0.1) is 16.2 Å². The van der Waals surface area contributed by atoms with Crippen LogP contribution in [0.2, 0.25) is 0 Å². The lowest BCUT2D eigenvalue weighted by Crippen LogP contribution is -2.45. The predicted molar refractivity (Wildman–Crippen MR) is 109 cm³/mol. The SMILES string of the molecule is O=C(NCc1ccc(S(=O)(=O)C2CCCC(F)C2)cc1)C1CC2CNCCC2N1. The smallest absolute Gasteiger partial charge is 0.237 e. The van der Waals surface area contributed by atoms with Crippen molar-refractivity contribution in [3.05, 3.63) is 29.8 Å². The largest absolute Gasteiger partial charge is 0.351 e. The van der Waals surface area contributed by atoms with Crippen LogP contribution in [0.25, 0.3) is 0 Å². The molecule has 3 fully saturated rings. The summed E-state index contributed by atoms with van der Waals surface area (Å²) in [5.41, 5.74) is 0.849. The van der Waals surface area contributed by atoms with E-state index in [9.17, 15) is 17.6 Å². The fraction of sp³-hybridized carbons (Fsp3) is 0.667. The van der Waals surface area contributed by atoms with Crippen molar-refractivity contribution >= 4 is 15.7 Å². The summed E-state index contributed by atoms with van der Waals surface area (Å²) in [6.45, 7) is 2.31. The van der Waals surface area contributed by atoms with Crippen LogP contribution in [0.3, 0.4) is 0 Å². The van der Waals surface area contributed by atoms with Crippen molar-refractivity contribution in [1.29, 1.82) is 0 Å². The molecule has 3 aliphatic rings. The van der Waals surface area contributed by atoms with Gasteiger partial charge in [0.2, 0.25) is 5.91 Å². The Hall–Kier alpha value is -1.51. The molecule has 2 saturated heterocycles. The first-order chi connectivity index (χ1) is 13.9. The third-order valence-electron chi connectivity index (χ3n) is 6.60. The molecular formula is C21H30FN3O3S. The molecule has 5 atom stereocenters. The van der Waals surface area contributed by atoms with Gasteiger partial charge in [-0.15, -0.1) is 0 Å². The van der Waals surface area contributed by atoms with E-state index in [0.29, 0.717) is 37.8 Å². The lowest BCUT2D eigenvalue weighted by atomic mass is 9.94. The zero-order valence-corrected chi connectivity index (χ0v) is 17.4. The molecule has 1 saturated carbocycles. The van der Waals surface area contributed by atoms with Crippen molar-refractivity contribution in [2.75, 3.05) is 13.1 Å². The van der Waals surface area contributed by atoms with E-state index in [0.717, 1.165) is 31.5 Å². The van der Waals surface area contributed by atoms with Crippen LogP contribution in [0.1, 0.15) is 44.1 Å². The summed E-state index contributed by atoms with van der Waals surface area (Å²) in [4.78, 5) is 12.7. The Kier molecular flexibility index (Phi) is 6.22.